The van der Waals surface area contributed by atoms with Gasteiger partial charge in [0.25, 0.3) is 0 Å². The van der Waals surface area contributed by atoms with Crippen molar-refractivity contribution in [1.29, 1.82) is 0 Å². The molecule has 0 aliphatic carbocycles. The topological polar surface area (TPSA) is 81.1 Å². The second kappa shape index (κ2) is 5.36. The van der Waals surface area contributed by atoms with Crippen molar-refractivity contribution in [2.24, 2.45) is 11.5 Å². The van der Waals surface area contributed by atoms with Gasteiger partial charge in [0.05, 0.1) is 0 Å². The van der Waals surface area contributed by atoms with Crippen LogP contribution < -0.4 is 16.8 Å². The van der Waals surface area contributed by atoms with Crippen molar-refractivity contribution in [2.75, 3.05) is 13.1 Å². The third-order valence-corrected chi connectivity index (χ3v) is 1.88. The average Bonchev–Trinajstić information content (AvgIpc) is 2.26. The molecule has 1 aromatic carbocycles. The Morgan fingerprint density at radius 2 is 2.00 bits per heavy atom. The monoisotopic (exact) mass is 193 g/mol. The Bertz CT molecular complexity index is 287. The lowest BCUT2D eigenvalue weighted by molar-refractivity contribution is -0.122. The van der Waals surface area contributed by atoms with E-state index in [0.717, 1.165) is 5.56 Å². The number of nitrogens with two attached hydrogens (primary N) is 2. The molecule has 0 radical (unpaired) electrons. The first-order valence-electron chi connectivity index (χ1n) is 4.54. The van der Waals surface area contributed by atoms with E-state index in [1.807, 2.05) is 30.3 Å². The maximum atomic E-state index is 11.4. The standard InChI is InChI=1S/C10H15N3O/c11-6-7-13-10(14)9(12)8-4-2-1-3-5-8/h1-5,9H,6-7,11-12H2,(H,13,14)/t9-/m1/s1. The summed E-state index contributed by atoms with van der Waals surface area (Å²) in [4.78, 5) is 11.4. The highest BCUT2D eigenvalue weighted by Crippen LogP contribution is 2.08. The first kappa shape index (κ1) is 10.7. The Labute approximate surface area is 83.3 Å². The second-order valence-corrected chi connectivity index (χ2v) is 2.97. The minimum atomic E-state index is -0.609. The van der Waals surface area contributed by atoms with E-state index >= 15 is 0 Å². The van der Waals surface area contributed by atoms with Gasteiger partial charge in [0.1, 0.15) is 6.04 Å². The van der Waals surface area contributed by atoms with Gasteiger partial charge in [-0.2, -0.15) is 0 Å². The van der Waals surface area contributed by atoms with Gasteiger partial charge in [-0.25, -0.2) is 0 Å². The molecule has 1 aromatic rings. The number of benzene rings is 1. The normalized spacial score (nSPS) is 12.1. The lowest BCUT2D eigenvalue weighted by atomic mass is 10.1. The molecule has 0 unspecified atom stereocenters. The minimum absolute atomic E-state index is 0.193. The fourth-order valence-electron chi connectivity index (χ4n) is 1.12. The summed E-state index contributed by atoms with van der Waals surface area (Å²) in [6.07, 6.45) is 0. The summed E-state index contributed by atoms with van der Waals surface area (Å²) >= 11 is 0. The van der Waals surface area contributed by atoms with Crippen LogP contribution in [0.3, 0.4) is 0 Å². The van der Waals surface area contributed by atoms with Gasteiger partial charge in [-0.3, -0.25) is 4.79 Å². The first-order chi connectivity index (χ1) is 6.75. The zero-order valence-electron chi connectivity index (χ0n) is 7.94. The molecule has 0 heterocycles. The molecule has 1 atom stereocenters. The predicted octanol–water partition coefficient (Wildman–Crippen LogP) is -0.239. The number of nitrogens with one attached hydrogen (secondary N) is 1. The summed E-state index contributed by atoms with van der Waals surface area (Å²) in [5.41, 5.74) is 11.8. The van der Waals surface area contributed by atoms with Gasteiger partial charge in [0, 0.05) is 13.1 Å². The van der Waals surface area contributed by atoms with E-state index in [4.69, 9.17) is 11.5 Å². The van der Waals surface area contributed by atoms with Crippen molar-refractivity contribution in [3.63, 3.8) is 0 Å². The van der Waals surface area contributed by atoms with Crippen LogP contribution in [-0.2, 0) is 4.79 Å². The molecule has 76 valence electrons. The summed E-state index contributed by atoms with van der Waals surface area (Å²) in [5.74, 6) is -0.193. The van der Waals surface area contributed by atoms with Crippen LogP contribution in [0.5, 0.6) is 0 Å². The highest BCUT2D eigenvalue weighted by atomic mass is 16.2. The van der Waals surface area contributed by atoms with Crippen LogP contribution in [0.2, 0.25) is 0 Å². The van der Waals surface area contributed by atoms with Crippen molar-refractivity contribution in [3.05, 3.63) is 35.9 Å². The Morgan fingerprint density at radius 3 is 2.57 bits per heavy atom. The molecule has 4 nitrogen and oxygen atoms in total. The number of hydrogen-bond donors (Lipinski definition) is 3. The van der Waals surface area contributed by atoms with Crippen LogP contribution in [0, 0.1) is 0 Å². The summed E-state index contributed by atoms with van der Waals surface area (Å²) in [6, 6.07) is 8.63. The second-order valence-electron chi connectivity index (χ2n) is 2.97. The summed E-state index contributed by atoms with van der Waals surface area (Å²) in [6.45, 7) is 0.882. The van der Waals surface area contributed by atoms with E-state index in [1.165, 1.54) is 0 Å². The highest BCUT2D eigenvalue weighted by Gasteiger charge is 2.13. The van der Waals surface area contributed by atoms with Crippen molar-refractivity contribution in [2.45, 2.75) is 6.04 Å². The number of amides is 1. The van der Waals surface area contributed by atoms with Crippen molar-refractivity contribution >= 4 is 5.91 Å². The highest BCUT2D eigenvalue weighted by molar-refractivity contribution is 5.82. The minimum Gasteiger partial charge on any atom is -0.353 e. The van der Waals surface area contributed by atoms with E-state index in [-0.39, 0.29) is 5.91 Å². The average molecular weight is 193 g/mol. The molecular formula is C10H15N3O. The summed E-state index contributed by atoms with van der Waals surface area (Å²) in [7, 11) is 0. The predicted molar refractivity (Wildman–Crippen MR) is 55.4 cm³/mol. The van der Waals surface area contributed by atoms with Crippen LogP contribution in [0.1, 0.15) is 11.6 Å². The lowest BCUT2D eigenvalue weighted by Crippen LogP contribution is -2.36. The van der Waals surface area contributed by atoms with Gasteiger partial charge in [0.2, 0.25) is 5.91 Å². The summed E-state index contributed by atoms with van der Waals surface area (Å²) in [5, 5.41) is 2.64. The van der Waals surface area contributed by atoms with Gasteiger partial charge in [-0.05, 0) is 5.56 Å². The zero-order chi connectivity index (χ0) is 10.4. The fraction of sp³-hybridized carbons (Fsp3) is 0.300. The van der Waals surface area contributed by atoms with Gasteiger partial charge in [-0.1, -0.05) is 30.3 Å². The number of rotatable bonds is 4. The molecule has 14 heavy (non-hydrogen) atoms. The molecule has 0 saturated carbocycles. The lowest BCUT2D eigenvalue weighted by Gasteiger charge is -2.11. The van der Waals surface area contributed by atoms with Crippen molar-refractivity contribution in [1.82, 2.24) is 5.32 Å². The van der Waals surface area contributed by atoms with E-state index in [9.17, 15) is 4.79 Å². The van der Waals surface area contributed by atoms with Crippen LogP contribution in [0.4, 0.5) is 0 Å². The number of carbonyl (C=O) groups excluding carboxylic acids is 1. The largest absolute Gasteiger partial charge is 0.353 e. The third kappa shape index (κ3) is 2.83. The molecule has 0 spiro atoms. The van der Waals surface area contributed by atoms with E-state index in [2.05, 4.69) is 5.32 Å². The Hall–Kier alpha value is -1.39. The van der Waals surface area contributed by atoms with Gasteiger partial charge in [0.15, 0.2) is 0 Å². The van der Waals surface area contributed by atoms with Gasteiger partial charge in [-0.15, -0.1) is 0 Å². The number of carbonyl (C=O) groups is 1. The maximum absolute atomic E-state index is 11.4. The Morgan fingerprint density at radius 1 is 1.36 bits per heavy atom. The Kier molecular flexibility index (Phi) is 4.10. The molecule has 5 N–H and O–H groups in total. The smallest absolute Gasteiger partial charge is 0.241 e. The van der Waals surface area contributed by atoms with E-state index in [1.54, 1.807) is 0 Å². The third-order valence-electron chi connectivity index (χ3n) is 1.88. The molecule has 0 bridgehead atoms. The molecule has 4 heteroatoms. The van der Waals surface area contributed by atoms with Gasteiger partial charge < -0.3 is 16.8 Å². The maximum Gasteiger partial charge on any atom is 0.241 e. The molecule has 1 rings (SSSR count). The summed E-state index contributed by atoms with van der Waals surface area (Å²) < 4.78 is 0. The molecule has 0 aliphatic rings. The molecule has 0 aliphatic heterocycles. The van der Waals surface area contributed by atoms with Crippen LogP contribution >= 0.6 is 0 Å². The number of hydrogen-bond acceptors (Lipinski definition) is 3. The molecule has 0 fully saturated rings. The van der Waals surface area contributed by atoms with E-state index in [0.29, 0.717) is 13.1 Å². The van der Waals surface area contributed by atoms with Crippen molar-refractivity contribution in [3.8, 4) is 0 Å². The van der Waals surface area contributed by atoms with Crippen LogP contribution in [0.15, 0.2) is 30.3 Å². The SMILES string of the molecule is NCCNC(=O)[C@H](N)c1ccccc1. The van der Waals surface area contributed by atoms with Crippen LogP contribution in [0.25, 0.3) is 0 Å². The van der Waals surface area contributed by atoms with Crippen molar-refractivity contribution < 1.29 is 4.79 Å². The molecule has 0 aromatic heterocycles. The molecular weight excluding hydrogens is 178 g/mol. The van der Waals surface area contributed by atoms with E-state index < -0.39 is 6.04 Å². The zero-order valence-corrected chi connectivity index (χ0v) is 7.94. The fourth-order valence-corrected chi connectivity index (χ4v) is 1.12. The molecule has 0 saturated heterocycles. The quantitative estimate of drug-likeness (QED) is 0.617. The van der Waals surface area contributed by atoms with Crippen LogP contribution in [-0.4, -0.2) is 19.0 Å². The Balaban J connectivity index is 2.57. The first-order valence-corrected chi connectivity index (χ1v) is 4.54. The van der Waals surface area contributed by atoms with Gasteiger partial charge >= 0.3 is 0 Å². The molecule has 1 amide bonds.